The summed E-state index contributed by atoms with van der Waals surface area (Å²) in [5.41, 5.74) is 3.14. The molecule has 0 aromatic heterocycles. The van der Waals surface area contributed by atoms with Gasteiger partial charge in [0.1, 0.15) is 11.4 Å². The average molecular weight is 541 g/mol. The van der Waals surface area contributed by atoms with Crippen molar-refractivity contribution in [1.29, 1.82) is 0 Å². The average Bonchev–Trinajstić information content (AvgIpc) is 2.97. The van der Waals surface area contributed by atoms with Crippen molar-refractivity contribution in [2.45, 2.75) is 30.9 Å². The number of fused-ring (bicyclic) bond motifs is 1. The van der Waals surface area contributed by atoms with Crippen molar-refractivity contribution in [3.8, 4) is 0 Å². The predicted molar refractivity (Wildman–Crippen MR) is 149 cm³/mol. The quantitative estimate of drug-likeness (QED) is 0.306. The Morgan fingerprint density at radius 1 is 0.974 bits per heavy atom. The molecule has 0 aliphatic carbocycles. The number of hydrogen-bond acceptors (Lipinski definition) is 6. The van der Waals surface area contributed by atoms with Gasteiger partial charge in [-0.05, 0) is 23.6 Å². The van der Waals surface area contributed by atoms with Crippen LogP contribution >= 0.6 is 11.8 Å². The van der Waals surface area contributed by atoms with E-state index in [1.165, 1.54) is 16.7 Å². The summed E-state index contributed by atoms with van der Waals surface area (Å²) in [5.74, 6) is 0.0765. The molecule has 1 unspecified atom stereocenters. The van der Waals surface area contributed by atoms with E-state index >= 15 is 0 Å². The number of hydrogen-bond donors (Lipinski definition) is 1. The summed E-state index contributed by atoms with van der Waals surface area (Å²) in [7, 11) is 0. The second-order valence-electron chi connectivity index (χ2n) is 9.12. The first-order chi connectivity index (χ1) is 19.0. The Morgan fingerprint density at radius 3 is 2.15 bits per heavy atom. The molecule has 1 saturated heterocycles. The molecule has 1 N–H and O–H groups in total. The molecule has 39 heavy (non-hydrogen) atoms. The van der Waals surface area contributed by atoms with Crippen molar-refractivity contribution < 1.29 is 23.9 Å². The Morgan fingerprint density at radius 2 is 1.56 bits per heavy atom. The molecule has 0 bridgehead atoms. The van der Waals surface area contributed by atoms with Crippen molar-refractivity contribution in [3.63, 3.8) is 0 Å². The Kier molecular flexibility index (Phi) is 8.13. The number of nitrogens with one attached hydrogen (secondary N) is 1. The minimum atomic E-state index is -0.917. The second kappa shape index (κ2) is 12.0. The van der Waals surface area contributed by atoms with Gasteiger partial charge in [0.25, 0.3) is 5.91 Å². The Bertz CT molecular complexity index is 1350. The molecule has 2 heterocycles. The number of ether oxygens (including phenoxy) is 2. The van der Waals surface area contributed by atoms with Gasteiger partial charge < -0.3 is 14.8 Å². The van der Waals surface area contributed by atoms with Gasteiger partial charge in [0.05, 0.1) is 6.42 Å². The van der Waals surface area contributed by atoms with Crippen LogP contribution in [0.15, 0.2) is 115 Å². The maximum absolute atomic E-state index is 13.2. The van der Waals surface area contributed by atoms with Gasteiger partial charge in [-0.15, -0.1) is 11.8 Å². The predicted octanol–water partition coefficient (Wildman–Crippen LogP) is 5.36. The molecular weight excluding hydrogens is 512 g/mol. The number of allylic oxidation sites excluding steroid dienone is 2. The summed E-state index contributed by atoms with van der Waals surface area (Å²) >= 11 is 1.51. The molecule has 0 saturated carbocycles. The maximum Gasteiger partial charge on any atom is 0.516 e. The lowest BCUT2D eigenvalue weighted by Gasteiger charge is -2.49. The van der Waals surface area contributed by atoms with Crippen molar-refractivity contribution in [1.82, 2.24) is 10.2 Å². The van der Waals surface area contributed by atoms with Gasteiger partial charge in [-0.1, -0.05) is 103 Å². The van der Waals surface area contributed by atoms with E-state index in [1.807, 2.05) is 110 Å². The number of amides is 2. The van der Waals surface area contributed by atoms with Gasteiger partial charge >= 0.3 is 6.16 Å². The second-order valence-corrected chi connectivity index (χ2v) is 10.2. The largest absolute Gasteiger partial charge is 0.516 e. The molecule has 2 aliphatic heterocycles. The smallest absolute Gasteiger partial charge is 0.421 e. The van der Waals surface area contributed by atoms with E-state index in [2.05, 4.69) is 5.32 Å². The molecule has 3 aromatic carbocycles. The van der Waals surface area contributed by atoms with Crippen LogP contribution in [-0.4, -0.2) is 40.0 Å². The van der Waals surface area contributed by atoms with E-state index in [4.69, 9.17) is 9.47 Å². The van der Waals surface area contributed by atoms with Gasteiger partial charge in [0, 0.05) is 11.3 Å². The Hall–Kier alpha value is -4.30. The van der Waals surface area contributed by atoms with Crippen LogP contribution in [0, 0.1) is 0 Å². The zero-order valence-corrected chi connectivity index (χ0v) is 22.2. The molecule has 2 amide bonds. The molecule has 0 spiro atoms. The standard InChI is InChI=1S/C31H28N2O5S/c1-2-12-24-20-39-30-26(32-25(34)19-21-13-6-3-7-14-21)28(35)33(30)29(24)38-31(36)37-27(22-15-8-4-9-16-22)23-17-10-5-11-18-23/h2-18,26-27,30H,19-20H2,1H3,(H,32,34)/b12-2-/t26?,30-/m0/s1. The molecule has 2 atom stereocenters. The lowest BCUT2D eigenvalue weighted by Crippen LogP contribution is -2.70. The molecule has 5 rings (SSSR count). The number of carbonyl (C=O) groups excluding carboxylic acids is 3. The fraction of sp³-hybridized carbons (Fsp3) is 0.194. The van der Waals surface area contributed by atoms with Crippen molar-refractivity contribution in [3.05, 3.63) is 131 Å². The highest BCUT2D eigenvalue weighted by Gasteiger charge is 2.54. The number of nitrogens with zero attached hydrogens (tertiary/aromatic N) is 1. The van der Waals surface area contributed by atoms with Crippen molar-refractivity contribution in [2.75, 3.05) is 5.75 Å². The first-order valence-electron chi connectivity index (χ1n) is 12.7. The van der Waals surface area contributed by atoms with Gasteiger partial charge in [-0.2, -0.15) is 0 Å². The van der Waals surface area contributed by atoms with Crippen LogP contribution < -0.4 is 5.32 Å². The lowest BCUT2D eigenvalue weighted by atomic mass is 10.0. The van der Waals surface area contributed by atoms with Crippen molar-refractivity contribution in [2.24, 2.45) is 0 Å². The van der Waals surface area contributed by atoms with Crippen LogP contribution in [0.3, 0.4) is 0 Å². The highest BCUT2D eigenvalue weighted by Crippen LogP contribution is 2.41. The lowest BCUT2D eigenvalue weighted by molar-refractivity contribution is -0.149. The van der Waals surface area contributed by atoms with E-state index in [0.29, 0.717) is 11.3 Å². The third-order valence-electron chi connectivity index (χ3n) is 6.44. The Balaban J connectivity index is 1.31. The SMILES string of the molecule is C/C=C\C1=C(OC(=O)OC(c2ccccc2)c2ccccc2)N2C(=O)C(NC(=O)Cc3ccccc3)[C@@H]2SC1. The van der Waals surface area contributed by atoms with Crippen LogP contribution in [0.4, 0.5) is 4.79 Å². The van der Waals surface area contributed by atoms with E-state index in [1.54, 1.807) is 0 Å². The van der Waals surface area contributed by atoms with Crippen LogP contribution in [0.25, 0.3) is 0 Å². The van der Waals surface area contributed by atoms with Gasteiger partial charge in [0.2, 0.25) is 11.8 Å². The normalized spacial score (nSPS) is 18.5. The molecule has 2 aliphatic rings. The summed E-state index contributed by atoms with van der Waals surface area (Å²) in [4.78, 5) is 40.4. The van der Waals surface area contributed by atoms with Gasteiger partial charge in [0.15, 0.2) is 6.10 Å². The highest BCUT2D eigenvalue weighted by molar-refractivity contribution is 8.00. The fourth-order valence-corrected chi connectivity index (χ4v) is 5.90. The third-order valence-corrected chi connectivity index (χ3v) is 7.74. The molecule has 7 nitrogen and oxygen atoms in total. The van der Waals surface area contributed by atoms with Gasteiger partial charge in [-0.3, -0.25) is 14.5 Å². The molecular formula is C31H28N2O5S. The summed E-state index contributed by atoms with van der Waals surface area (Å²) in [6.07, 6.45) is 2.21. The molecule has 8 heteroatoms. The molecule has 0 radical (unpaired) electrons. The zero-order valence-electron chi connectivity index (χ0n) is 21.4. The van der Waals surface area contributed by atoms with Crippen molar-refractivity contribution >= 4 is 29.7 Å². The summed E-state index contributed by atoms with van der Waals surface area (Å²) in [6.45, 7) is 1.85. The Labute approximate surface area is 231 Å². The van der Waals surface area contributed by atoms with Crippen LogP contribution in [0.5, 0.6) is 0 Å². The number of benzene rings is 3. The topological polar surface area (TPSA) is 84.9 Å². The van der Waals surface area contributed by atoms with E-state index in [-0.39, 0.29) is 29.5 Å². The number of β-lactam (4-membered cyclic amide) rings is 1. The number of thioether (sulfide) groups is 1. The van der Waals surface area contributed by atoms with Crippen LogP contribution in [0.2, 0.25) is 0 Å². The first-order valence-corrected chi connectivity index (χ1v) is 13.7. The molecule has 1 fully saturated rings. The summed E-state index contributed by atoms with van der Waals surface area (Å²) in [5, 5.41) is 2.47. The molecule has 198 valence electrons. The number of rotatable bonds is 8. The van der Waals surface area contributed by atoms with E-state index in [0.717, 1.165) is 16.7 Å². The van der Waals surface area contributed by atoms with Crippen LogP contribution in [-0.2, 0) is 25.5 Å². The zero-order chi connectivity index (χ0) is 27.2. The highest BCUT2D eigenvalue weighted by atomic mass is 32.2. The first kappa shape index (κ1) is 26.3. The minimum Gasteiger partial charge on any atom is -0.421 e. The fourth-order valence-electron chi connectivity index (χ4n) is 4.60. The monoisotopic (exact) mass is 540 g/mol. The number of carbonyl (C=O) groups is 3. The molecule has 3 aromatic rings. The third kappa shape index (κ3) is 5.91. The van der Waals surface area contributed by atoms with E-state index < -0.39 is 18.3 Å². The maximum atomic E-state index is 13.2. The summed E-state index contributed by atoms with van der Waals surface area (Å²) in [6, 6.07) is 27.5. The van der Waals surface area contributed by atoms with E-state index in [9.17, 15) is 14.4 Å². The van der Waals surface area contributed by atoms with Gasteiger partial charge in [-0.25, -0.2) is 4.79 Å². The van der Waals surface area contributed by atoms with Crippen LogP contribution in [0.1, 0.15) is 29.7 Å². The minimum absolute atomic E-state index is 0.139. The summed E-state index contributed by atoms with van der Waals surface area (Å²) < 4.78 is 11.5.